The topological polar surface area (TPSA) is 88.6 Å². The van der Waals surface area contributed by atoms with Gasteiger partial charge in [0.2, 0.25) is 0 Å². The number of para-hydroxylation sites is 1. The molecule has 0 fully saturated rings. The van der Waals surface area contributed by atoms with Crippen LogP contribution in [-0.4, -0.2) is 40.4 Å². The molecule has 0 radical (unpaired) electrons. The van der Waals surface area contributed by atoms with Crippen molar-refractivity contribution in [1.29, 1.82) is 0 Å². The lowest BCUT2D eigenvalue weighted by molar-refractivity contribution is 0.0553. The smallest absolute Gasteiger partial charge is 0.158 e. The first kappa shape index (κ1) is 20.3. The number of hydrogen-bond donors (Lipinski definition) is 2. The SMILES string of the molecule is CCn1c2ccccc2c2cc(/C=N/OCCO/N=C/c3ccc(O)c(O)c3)ccc21. The van der Waals surface area contributed by atoms with Crippen LogP contribution in [0.3, 0.4) is 0 Å². The number of aromatic nitrogens is 1. The van der Waals surface area contributed by atoms with Crippen LogP contribution in [0.25, 0.3) is 21.8 Å². The predicted molar refractivity (Wildman–Crippen MR) is 122 cm³/mol. The van der Waals surface area contributed by atoms with Crippen LogP contribution in [0.4, 0.5) is 0 Å². The first-order chi connectivity index (χ1) is 15.2. The van der Waals surface area contributed by atoms with Crippen molar-refractivity contribution >= 4 is 34.2 Å². The van der Waals surface area contributed by atoms with Gasteiger partial charge < -0.3 is 24.5 Å². The molecule has 7 heteroatoms. The Labute approximate surface area is 179 Å². The van der Waals surface area contributed by atoms with Gasteiger partial charge in [-0.25, -0.2) is 0 Å². The Morgan fingerprint density at radius 3 is 2.13 bits per heavy atom. The van der Waals surface area contributed by atoms with Crippen molar-refractivity contribution in [3.05, 3.63) is 71.8 Å². The summed E-state index contributed by atoms with van der Waals surface area (Å²) in [6.07, 6.45) is 3.12. The maximum Gasteiger partial charge on any atom is 0.158 e. The van der Waals surface area contributed by atoms with E-state index in [1.54, 1.807) is 12.3 Å². The molecule has 0 spiro atoms. The van der Waals surface area contributed by atoms with Crippen molar-refractivity contribution in [2.24, 2.45) is 10.3 Å². The van der Waals surface area contributed by atoms with E-state index < -0.39 is 0 Å². The number of phenolic OH excluding ortho intramolecular Hbond substituents is 2. The maximum atomic E-state index is 9.43. The third-order valence-corrected chi connectivity index (χ3v) is 4.93. The number of benzene rings is 3. The summed E-state index contributed by atoms with van der Waals surface area (Å²) >= 11 is 0. The van der Waals surface area contributed by atoms with Crippen LogP contribution in [0.5, 0.6) is 11.5 Å². The summed E-state index contributed by atoms with van der Waals surface area (Å²) < 4.78 is 2.31. The molecule has 0 aliphatic carbocycles. The maximum absolute atomic E-state index is 9.43. The Morgan fingerprint density at radius 1 is 0.774 bits per heavy atom. The van der Waals surface area contributed by atoms with E-state index in [0.29, 0.717) is 5.56 Å². The molecule has 0 amide bonds. The summed E-state index contributed by atoms with van der Waals surface area (Å²) in [6, 6.07) is 19.0. The molecule has 1 aromatic heterocycles. The third-order valence-electron chi connectivity index (χ3n) is 4.93. The Hall–Kier alpha value is -4.00. The van der Waals surface area contributed by atoms with Crippen molar-refractivity contribution in [2.45, 2.75) is 13.5 Å². The average Bonchev–Trinajstić information content (AvgIpc) is 3.11. The van der Waals surface area contributed by atoms with E-state index in [-0.39, 0.29) is 24.7 Å². The highest BCUT2D eigenvalue weighted by molar-refractivity contribution is 6.09. The van der Waals surface area contributed by atoms with Crippen LogP contribution in [0.1, 0.15) is 18.1 Å². The largest absolute Gasteiger partial charge is 0.504 e. The van der Waals surface area contributed by atoms with Gasteiger partial charge in [0.15, 0.2) is 24.7 Å². The van der Waals surface area contributed by atoms with E-state index in [9.17, 15) is 10.2 Å². The summed E-state index contributed by atoms with van der Waals surface area (Å²) in [4.78, 5) is 10.3. The molecule has 0 aliphatic rings. The van der Waals surface area contributed by atoms with Crippen LogP contribution in [0.2, 0.25) is 0 Å². The highest BCUT2D eigenvalue weighted by atomic mass is 16.7. The molecule has 0 saturated heterocycles. The van der Waals surface area contributed by atoms with Gasteiger partial charge in [0.05, 0.1) is 12.4 Å². The second kappa shape index (κ2) is 9.21. The first-order valence-corrected chi connectivity index (χ1v) is 10.0. The molecule has 3 aromatic carbocycles. The summed E-state index contributed by atoms with van der Waals surface area (Å²) in [6.45, 7) is 3.53. The summed E-state index contributed by atoms with van der Waals surface area (Å²) in [5.74, 6) is -0.390. The van der Waals surface area contributed by atoms with Gasteiger partial charge in [-0.2, -0.15) is 0 Å². The number of phenols is 2. The molecular formula is C24H23N3O4. The average molecular weight is 417 g/mol. The van der Waals surface area contributed by atoms with Crippen molar-refractivity contribution in [1.82, 2.24) is 4.57 Å². The zero-order chi connectivity index (χ0) is 21.6. The van der Waals surface area contributed by atoms with Gasteiger partial charge in [-0.05, 0) is 54.4 Å². The number of hydrogen-bond acceptors (Lipinski definition) is 6. The lowest BCUT2D eigenvalue weighted by Gasteiger charge is -2.02. The molecule has 0 saturated carbocycles. The summed E-state index contributed by atoms with van der Waals surface area (Å²) in [5.41, 5.74) is 3.99. The Kier molecular flexibility index (Phi) is 6.03. The van der Waals surface area contributed by atoms with Crippen LogP contribution < -0.4 is 0 Å². The Bertz CT molecular complexity index is 1260. The van der Waals surface area contributed by atoms with Crippen LogP contribution in [-0.2, 0) is 16.2 Å². The third kappa shape index (κ3) is 4.45. The van der Waals surface area contributed by atoms with E-state index in [1.807, 2.05) is 6.07 Å². The molecule has 0 unspecified atom stereocenters. The van der Waals surface area contributed by atoms with E-state index in [1.165, 1.54) is 40.2 Å². The standard InChI is InChI=1S/C24H23N3O4/c1-2-27-21-6-4-3-5-19(21)20-13-17(7-9-22(20)27)15-25-30-11-12-31-26-16-18-8-10-23(28)24(29)14-18/h3-10,13-16,28-29H,2,11-12H2,1H3/b25-15+,26-16+. The number of aryl methyl sites for hydroxylation is 1. The van der Waals surface area contributed by atoms with E-state index in [2.05, 4.69) is 58.2 Å². The first-order valence-electron chi connectivity index (χ1n) is 10.0. The minimum Gasteiger partial charge on any atom is -0.504 e. The number of aromatic hydroxyl groups is 2. The van der Waals surface area contributed by atoms with Gasteiger partial charge in [-0.1, -0.05) is 34.6 Å². The molecule has 1 heterocycles. The molecular weight excluding hydrogens is 394 g/mol. The fourth-order valence-electron chi connectivity index (χ4n) is 3.49. The van der Waals surface area contributed by atoms with Gasteiger partial charge >= 0.3 is 0 Å². The van der Waals surface area contributed by atoms with Gasteiger partial charge in [0, 0.05) is 28.4 Å². The van der Waals surface area contributed by atoms with E-state index in [0.717, 1.165) is 12.1 Å². The second-order valence-electron chi connectivity index (χ2n) is 6.92. The van der Waals surface area contributed by atoms with Gasteiger partial charge in [0.1, 0.15) is 0 Å². The van der Waals surface area contributed by atoms with E-state index >= 15 is 0 Å². The van der Waals surface area contributed by atoms with Crippen molar-refractivity contribution in [2.75, 3.05) is 13.2 Å². The molecule has 158 valence electrons. The molecule has 31 heavy (non-hydrogen) atoms. The number of fused-ring (bicyclic) bond motifs is 3. The number of oxime groups is 2. The molecule has 4 aromatic rings. The van der Waals surface area contributed by atoms with Crippen molar-refractivity contribution in [3.8, 4) is 11.5 Å². The molecule has 0 bridgehead atoms. The lowest BCUT2D eigenvalue weighted by Crippen LogP contribution is -1.98. The normalized spacial score (nSPS) is 11.8. The number of nitrogens with zero attached hydrogens (tertiary/aromatic N) is 3. The van der Waals surface area contributed by atoms with Gasteiger partial charge in [0.25, 0.3) is 0 Å². The van der Waals surface area contributed by atoms with Crippen molar-refractivity contribution < 1.29 is 19.9 Å². The van der Waals surface area contributed by atoms with Crippen LogP contribution in [0.15, 0.2) is 71.0 Å². The molecule has 4 rings (SSSR count). The monoisotopic (exact) mass is 417 g/mol. The lowest BCUT2D eigenvalue weighted by atomic mass is 10.1. The van der Waals surface area contributed by atoms with Crippen LogP contribution >= 0.6 is 0 Å². The number of rotatable bonds is 8. The van der Waals surface area contributed by atoms with Gasteiger partial charge in [-0.15, -0.1) is 0 Å². The minimum atomic E-state index is -0.209. The quantitative estimate of drug-likeness (QED) is 0.189. The summed E-state index contributed by atoms with van der Waals surface area (Å²) in [5, 5.41) is 28.9. The Balaban J connectivity index is 1.31. The highest BCUT2D eigenvalue weighted by Gasteiger charge is 2.09. The van der Waals surface area contributed by atoms with Gasteiger partial charge in [-0.3, -0.25) is 0 Å². The molecule has 0 atom stereocenters. The Morgan fingerprint density at radius 2 is 1.42 bits per heavy atom. The zero-order valence-electron chi connectivity index (χ0n) is 17.1. The molecule has 2 N–H and O–H groups in total. The summed E-state index contributed by atoms with van der Waals surface area (Å²) in [7, 11) is 0. The van der Waals surface area contributed by atoms with Crippen molar-refractivity contribution in [3.63, 3.8) is 0 Å². The van der Waals surface area contributed by atoms with Crippen LogP contribution in [0, 0.1) is 0 Å². The fourth-order valence-corrected chi connectivity index (χ4v) is 3.49. The fraction of sp³-hybridized carbons (Fsp3) is 0.167. The second-order valence-corrected chi connectivity index (χ2v) is 6.92. The highest BCUT2D eigenvalue weighted by Crippen LogP contribution is 2.29. The van der Waals surface area contributed by atoms with E-state index in [4.69, 9.17) is 9.68 Å². The predicted octanol–water partition coefficient (Wildman–Crippen LogP) is 4.63. The molecule has 7 nitrogen and oxygen atoms in total. The molecule has 0 aliphatic heterocycles. The minimum absolute atomic E-state index is 0.181. The zero-order valence-corrected chi connectivity index (χ0v) is 17.1.